The molecule has 2 aromatic carbocycles. The maximum atomic E-state index is 13.9. The highest BCUT2D eigenvalue weighted by Crippen LogP contribution is 2.30. The van der Waals surface area contributed by atoms with Crippen molar-refractivity contribution in [3.05, 3.63) is 57.3 Å². The van der Waals surface area contributed by atoms with Crippen LogP contribution in [0, 0.1) is 5.82 Å². The second kappa shape index (κ2) is 5.69. The van der Waals surface area contributed by atoms with E-state index < -0.39 is 11.6 Å². The molecule has 0 amide bonds. The maximum Gasteiger partial charge on any atom is 0.196 e. The molecule has 104 valence electrons. The molecular weight excluding hydrogens is 304 g/mol. The minimum Gasteiger partial charge on any atom is -0.497 e. The van der Waals surface area contributed by atoms with Crippen molar-refractivity contribution in [1.29, 1.82) is 0 Å². The van der Waals surface area contributed by atoms with Gasteiger partial charge in [-0.15, -0.1) is 0 Å². The fraction of sp³-hybridized carbons (Fsp3) is 0.0714. The third-order valence-corrected chi connectivity index (χ3v) is 3.56. The van der Waals surface area contributed by atoms with E-state index in [9.17, 15) is 9.18 Å². The van der Waals surface area contributed by atoms with Gasteiger partial charge >= 0.3 is 0 Å². The Balaban J connectivity index is 2.46. The first-order valence-electron chi connectivity index (χ1n) is 5.56. The minimum absolute atomic E-state index is 0.0939. The Hall–Kier alpha value is -1.78. The number of hydrogen-bond acceptors (Lipinski definition) is 3. The summed E-state index contributed by atoms with van der Waals surface area (Å²) in [5.74, 6) is -0.887. The lowest BCUT2D eigenvalue weighted by Gasteiger charge is -2.07. The van der Waals surface area contributed by atoms with Gasteiger partial charge in [0.15, 0.2) is 5.78 Å². The van der Waals surface area contributed by atoms with Gasteiger partial charge in [-0.1, -0.05) is 23.2 Å². The molecule has 0 heterocycles. The van der Waals surface area contributed by atoms with E-state index in [0.29, 0.717) is 5.75 Å². The molecule has 0 saturated carbocycles. The van der Waals surface area contributed by atoms with Gasteiger partial charge < -0.3 is 10.5 Å². The molecule has 0 bridgehead atoms. The van der Waals surface area contributed by atoms with Crippen LogP contribution in [0.2, 0.25) is 10.0 Å². The summed E-state index contributed by atoms with van der Waals surface area (Å²) < 4.78 is 18.7. The van der Waals surface area contributed by atoms with E-state index in [-0.39, 0.29) is 26.9 Å². The second-order valence-electron chi connectivity index (χ2n) is 4.04. The molecule has 3 nitrogen and oxygen atoms in total. The van der Waals surface area contributed by atoms with E-state index in [1.54, 1.807) is 0 Å². The highest BCUT2D eigenvalue weighted by molar-refractivity contribution is 6.44. The number of hydrogen-bond donors (Lipinski definition) is 1. The summed E-state index contributed by atoms with van der Waals surface area (Å²) in [7, 11) is 1.41. The standard InChI is InChI=1S/C14H10Cl2FNO2/c1-20-8-2-3-9(11(17)6-8)14(19)7-4-10(15)13(16)12(18)5-7/h2-6H,18H2,1H3. The molecule has 0 aliphatic rings. The number of nitrogens with two attached hydrogens (primary N) is 1. The van der Waals surface area contributed by atoms with Gasteiger partial charge in [-0.2, -0.15) is 0 Å². The molecule has 0 fully saturated rings. The number of carbonyl (C=O) groups excluding carboxylic acids is 1. The molecule has 2 N–H and O–H groups in total. The lowest BCUT2D eigenvalue weighted by Crippen LogP contribution is -2.05. The largest absolute Gasteiger partial charge is 0.497 e. The molecule has 20 heavy (non-hydrogen) atoms. The molecule has 0 atom stereocenters. The van der Waals surface area contributed by atoms with E-state index in [1.807, 2.05) is 0 Å². The quantitative estimate of drug-likeness (QED) is 0.689. The number of ether oxygens (including phenoxy) is 1. The monoisotopic (exact) mass is 313 g/mol. The number of anilines is 1. The lowest BCUT2D eigenvalue weighted by atomic mass is 10.0. The molecule has 0 aromatic heterocycles. The average Bonchev–Trinajstić information content (AvgIpc) is 2.43. The summed E-state index contributed by atoms with van der Waals surface area (Å²) >= 11 is 11.7. The zero-order valence-electron chi connectivity index (χ0n) is 10.4. The Bertz CT molecular complexity index is 666. The van der Waals surface area contributed by atoms with Gasteiger partial charge in [0, 0.05) is 11.6 Å². The van der Waals surface area contributed by atoms with Crippen molar-refractivity contribution >= 4 is 34.7 Å². The second-order valence-corrected chi connectivity index (χ2v) is 4.82. The smallest absolute Gasteiger partial charge is 0.196 e. The molecule has 0 aliphatic heterocycles. The van der Waals surface area contributed by atoms with E-state index in [0.717, 1.165) is 6.07 Å². The Kier molecular flexibility index (Phi) is 4.16. The van der Waals surface area contributed by atoms with Crippen LogP contribution in [-0.2, 0) is 0 Å². The number of carbonyl (C=O) groups is 1. The van der Waals surface area contributed by atoms with Crippen molar-refractivity contribution in [2.24, 2.45) is 0 Å². The zero-order valence-corrected chi connectivity index (χ0v) is 11.9. The first-order chi connectivity index (χ1) is 9.43. The van der Waals surface area contributed by atoms with Crippen molar-refractivity contribution in [2.45, 2.75) is 0 Å². The molecule has 6 heteroatoms. The zero-order chi connectivity index (χ0) is 14.9. The molecule has 0 saturated heterocycles. The van der Waals surface area contributed by atoms with Crippen LogP contribution in [0.4, 0.5) is 10.1 Å². The summed E-state index contributed by atoms with van der Waals surface area (Å²) in [6.07, 6.45) is 0. The van der Waals surface area contributed by atoms with Gasteiger partial charge in [0.1, 0.15) is 11.6 Å². The molecule has 0 spiro atoms. The van der Waals surface area contributed by atoms with E-state index in [1.165, 1.54) is 31.4 Å². The SMILES string of the molecule is COc1ccc(C(=O)c2cc(N)c(Cl)c(Cl)c2)c(F)c1. The van der Waals surface area contributed by atoms with Crippen molar-refractivity contribution in [1.82, 2.24) is 0 Å². The molecule has 0 radical (unpaired) electrons. The number of nitrogen functional groups attached to an aromatic ring is 1. The fourth-order valence-electron chi connectivity index (χ4n) is 1.70. The Morgan fingerprint density at radius 3 is 2.50 bits per heavy atom. The molecule has 0 aliphatic carbocycles. The van der Waals surface area contributed by atoms with Crippen LogP contribution in [0.25, 0.3) is 0 Å². The van der Waals surface area contributed by atoms with Crippen LogP contribution in [-0.4, -0.2) is 12.9 Å². The average molecular weight is 314 g/mol. The topological polar surface area (TPSA) is 52.3 Å². The van der Waals surface area contributed by atoms with Crippen molar-refractivity contribution in [3.8, 4) is 5.75 Å². The summed E-state index contributed by atoms with van der Waals surface area (Å²) in [4.78, 5) is 12.2. The van der Waals surface area contributed by atoms with Gasteiger partial charge in [0.05, 0.1) is 28.4 Å². The summed E-state index contributed by atoms with van der Waals surface area (Å²) in [6, 6.07) is 6.69. The van der Waals surface area contributed by atoms with Gasteiger partial charge in [-0.05, 0) is 24.3 Å². The predicted molar refractivity (Wildman–Crippen MR) is 77.3 cm³/mol. The van der Waals surface area contributed by atoms with Crippen LogP contribution < -0.4 is 10.5 Å². The first kappa shape index (κ1) is 14.6. The normalized spacial score (nSPS) is 10.4. The lowest BCUT2D eigenvalue weighted by molar-refractivity contribution is 0.103. The van der Waals surface area contributed by atoms with Gasteiger partial charge in [-0.25, -0.2) is 4.39 Å². The van der Waals surface area contributed by atoms with Crippen LogP contribution in [0.3, 0.4) is 0 Å². The fourth-order valence-corrected chi connectivity index (χ4v) is 2.04. The van der Waals surface area contributed by atoms with Crippen LogP contribution in [0.1, 0.15) is 15.9 Å². The van der Waals surface area contributed by atoms with Gasteiger partial charge in [0.25, 0.3) is 0 Å². The number of halogens is 3. The Labute approximate surface area is 125 Å². The van der Waals surface area contributed by atoms with Crippen LogP contribution in [0.15, 0.2) is 30.3 Å². The first-order valence-corrected chi connectivity index (χ1v) is 6.32. The predicted octanol–water partition coefficient (Wildman–Crippen LogP) is 3.95. The number of ketones is 1. The number of rotatable bonds is 3. The molecule has 2 rings (SSSR count). The summed E-state index contributed by atoms with van der Waals surface area (Å²) in [6.45, 7) is 0. The third kappa shape index (κ3) is 2.71. The van der Waals surface area contributed by atoms with E-state index in [4.69, 9.17) is 33.7 Å². The highest BCUT2D eigenvalue weighted by atomic mass is 35.5. The van der Waals surface area contributed by atoms with Gasteiger partial charge in [0.2, 0.25) is 0 Å². The van der Waals surface area contributed by atoms with E-state index in [2.05, 4.69) is 0 Å². The minimum atomic E-state index is -0.681. The van der Waals surface area contributed by atoms with Crippen molar-refractivity contribution < 1.29 is 13.9 Å². The third-order valence-electron chi connectivity index (χ3n) is 2.74. The summed E-state index contributed by atoms with van der Waals surface area (Å²) in [5.41, 5.74) is 5.88. The molecule has 2 aromatic rings. The molecule has 0 unspecified atom stereocenters. The van der Waals surface area contributed by atoms with Gasteiger partial charge in [-0.3, -0.25) is 4.79 Å². The Morgan fingerprint density at radius 1 is 1.25 bits per heavy atom. The van der Waals surface area contributed by atoms with Crippen LogP contribution >= 0.6 is 23.2 Å². The van der Waals surface area contributed by atoms with Crippen molar-refractivity contribution in [3.63, 3.8) is 0 Å². The van der Waals surface area contributed by atoms with Crippen LogP contribution in [0.5, 0.6) is 5.75 Å². The maximum absolute atomic E-state index is 13.9. The molecular formula is C14H10Cl2FNO2. The summed E-state index contributed by atoms with van der Waals surface area (Å²) in [5, 5.41) is 0.308. The van der Waals surface area contributed by atoms with Crippen molar-refractivity contribution in [2.75, 3.05) is 12.8 Å². The Morgan fingerprint density at radius 2 is 1.95 bits per heavy atom. The highest BCUT2D eigenvalue weighted by Gasteiger charge is 2.17. The number of methoxy groups -OCH3 is 1. The van der Waals surface area contributed by atoms with E-state index >= 15 is 0 Å². The number of benzene rings is 2.